The number of anilines is 3. The zero-order valence-corrected chi connectivity index (χ0v) is 22.7. The number of amides is 1. The molecule has 0 radical (unpaired) electrons. The van der Waals surface area contributed by atoms with Crippen LogP contribution in [0.15, 0.2) is 66.9 Å². The summed E-state index contributed by atoms with van der Waals surface area (Å²) in [5, 5.41) is 4.61. The molecular formula is C31H34FN5O2. The van der Waals surface area contributed by atoms with E-state index >= 15 is 0 Å². The average molecular weight is 528 g/mol. The summed E-state index contributed by atoms with van der Waals surface area (Å²) in [7, 11) is 1.96. The van der Waals surface area contributed by atoms with Gasteiger partial charge in [-0.25, -0.2) is 9.37 Å². The van der Waals surface area contributed by atoms with Gasteiger partial charge in [0.1, 0.15) is 11.6 Å². The first-order chi connectivity index (χ1) is 18.9. The van der Waals surface area contributed by atoms with Crippen LogP contribution in [0.1, 0.15) is 43.5 Å². The lowest BCUT2D eigenvalue weighted by Crippen LogP contribution is -2.29. The Morgan fingerprint density at radius 3 is 2.59 bits per heavy atom. The quantitative estimate of drug-likeness (QED) is 0.269. The maximum Gasteiger partial charge on any atom is 0.255 e. The van der Waals surface area contributed by atoms with Gasteiger partial charge in [0.25, 0.3) is 5.91 Å². The molecule has 0 bridgehead atoms. The maximum absolute atomic E-state index is 14.5. The second-order valence-electron chi connectivity index (χ2n) is 10.4. The second-order valence-corrected chi connectivity index (χ2v) is 10.4. The zero-order valence-electron chi connectivity index (χ0n) is 22.7. The molecule has 5 rings (SSSR count). The Morgan fingerprint density at radius 1 is 1.05 bits per heavy atom. The van der Waals surface area contributed by atoms with E-state index < -0.39 is 5.82 Å². The first kappa shape index (κ1) is 26.4. The standard InChI is InChI=1S/C31H34FN5O2/c1-21(2)20-36(3)31-33-14-13-29(35-31)39-28-12-11-27(25-9-5-6-10-26(25)28)34-30(38)22-17-23(32)19-24(18-22)37-15-7-4-8-16-37/h5-6,9-14,17-19,21H,4,7-8,15-16,20H2,1-3H3,(H,34,38). The molecule has 7 nitrogen and oxygen atoms in total. The average Bonchev–Trinajstić information content (AvgIpc) is 2.94. The highest BCUT2D eigenvalue weighted by Gasteiger charge is 2.17. The minimum absolute atomic E-state index is 0.291. The van der Waals surface area contributed by atoms with Crippen LogP contribution in [0.2, 0.25) is 0 Å². The van der Waals surface area contributed by atoms with E-state index in [-0.39, 0.29) is 5.91 Å². The minimum Gasteiger partial charge on any atom is -0.438 e. The van der Waals surface area contributed by atoms with Crippen LogP contribution in [-0.2, 0) is 0 Å². The Labute approximate surface area is 228 Å². The molecule has 1 fully saturated rings. The number of aromatic nitrogens is 2. The van der Waals surface area contributed by atoms with Gasteiger partial charge in [0, 0.05) is 66.7 Å². The van der Waals surface area contributed by atoms with Gasteiger partial charge < -0.3 is 19.9 Å². The number of fused-ring (bicyclic) bond motifs is 1. The van der Waals surface area contributed by atoms with E-state index in [4.69, 9.17) is 4.74 Å². The van der Waals surface area contributed by atoms with Crippen LogP contribution >= 0.6 is 0 Å². The topological polar surface area (TPSA) is 70.6 Å². The van der Waals surface area contributed by atoms with Crippen molar-refractivity contribution >= 4 is 34.0 Å². The molecular weight excluding hydrogens is 493 g/mol. The smallest absolute Gasteiger partial charge is 0.255 e. The highest BCUT2D eigenvalue weighted by molar-refractivity contribution is 6.10. The number of ether oxygens (including phenoxy) is 1. The van der Waals surface area contributed by atoms with Crippen molar-refractivity contribution in [2.24, 2.45) is 5.92 Å². The van der Waals surface area contributed by atoms with Crippen LogP contribution in [0.4, 0.5) is 21.7 Å². The predicted octanol–water partition coefficient (Wildman–Crippen LogP) is 6.90. The normalized spacial score (nSPS) is 13.5. The third-order valence-electron chi connectivity index (χ3n) is 6.81. The van der Waals surface area contributed by atoms with E-state index in [0.29, 0.717) is 34.7 Å². The SMILES string of the molecule is CC(C)CN(C)c1nccc(Oc2ccc(NC(=O)c3cc(F)cc(N4CCCCC4)c3)c3ccccc23)n1. The van der Waals surface area contributed by atoms with Crippen molar-refractivity contribution < 1.29 is 13.9 Å². The van der Waals surface area contributed by atoms with Crippen LogP contribution < -0.4 is 19.9 Å². The van der Waals surface area contributed by atoms with E-state index in [1.807, 2.05) is 42.3 Å². The highest BCUT2D eigenvalue weighted by atomic mass is 19.1. The molecule has 1 aliphatic rings. The van der Waals surface area contributed by atoms with Gasteiger partial charge in [-0.1, -0.05) is 38.1 Å². The van der Waals surface area contributed by atoms with Gasteiger partial charge in [0.2, 0.25) is 11.8 Å². The fourth-order valence-corrected chi connectivity index (χ4v) is 5.02. The van der Waals surface area contributed by atoms with Gasteiger partial charge in [-0.2, -0.15) is 4.98 Å². The number of piperidine rings is 1. The third-order valence-corrected chi connectivity index (χ3v) is 6.81. The summed E-state index contributed by atoms with van der Waals surface area (Å²) in [4.78, 5) is 26.3. The van der Waals surface area contributed by atoms with Crippen molar-refractivity contribution in [3.8, 4) is 11.6 Å². The Bertz CT molecular complexity index is 1470. The number of halogens is 1. The first-order valence-electron chi connectivity index (χ1n) is 13.5. The van der Waals surface area contributed by atoms with E-state index in [0.717, 1.165) is 48.9 Å². The maximum atomic E-state index is 14.5. The zero-order chi connectivity index (χ0) is 27.4. The first-order valence-corrected chi connectivity index (χ1v) is 13.5. The molecule has 1 N–H and O–H groups in total. The van der Waals surface area contributed by atoms with Crippen LogP contribution in [0.25, 0.3) is 10.8 Å². The van der Waals surface area contributed by atoms with Crippen molar-refractivity contribution in [1.82, 2.24) is 9.97 Å². The molecule has 1 aliphatic heterocycles. The lowest BCUT2D eigenvalue weighted by atomic mass is 10.1. The van der Waals surface area contributed by atoms with Gasteiger partial charge in [-0.15, -0.1) is 0 Å². The predicted molar refractivity (Wildman–Crippen MR) is 155 cm³/mol. The molecule has 0 saturated carbocycles. The molecule has 0 unspecified atom stereocenters. The number of hydrogen-bond donors (Lipinski definition) is 1. The molecule has 0 atom stereocenters. The van der Waals surface area contributed by atoms with Crippen molar-refractivity contribution in [2.75, 3.05) is 41.8 Å². The number of carbonyl (C=O) groups is 1. The molecule has 39 heavy (non-hydrogen) atoms. The van der Waals surface area contributed by atoms with Gasteiger partial charge in [0.15, 0.2) is 0 Å². The summed E-state index contributed by atoms with van der Waals surface area (Å²) >= 11 is 0. The third kappa shape index (κ3) is 6.28. The largest absolute Gasteiger partial charge is 0.438 e. The monoisotopic (exact) mass is 527 g/mol. The van der Waals surface area contributed by atoms with Crippen molar-refractivity contribution in [2.45, 2.75) is 33.1 Å². The van der Waals surface area contributed by atoms with Crippen LogP contribution in [0.3, 0.4) is 0 Å². The van der Waals surface area contributed by atoms with Crippen LogP contribution in [0.5, 0.6) is 11.6 Å². The van der Waals surface area contributed by atoms with Crippen molar-refractivity contribution in [3.05, 3.63) is 78.2 Å². The molecule has 0 aliphatic carbocycles. The van der Waals surface area contributed by atoms with E-state index in [9.17, 15) is 9.18 Å². The number of carbonyl (C=O) groups excluding carboxylic acids is 1. The molecule has 8 heteroatoms. The van der Waals surface area contributed by atoms with Crippen molar-refractivity contribution in [1.29, 1.82) is 0 Å². The van der Waals surface area contributed by atoms with Gasteiger partial charge in [0.05, 0.1) is 0 Å². The summed E-state index contributed by atoms with van der Waals surface area (Å²) in [6.45, 7) is 6.86. The molecule has 4 aromatic rings. The lowest BCUT2D eigenvalue weighted by molar-refractivity contribution is 0.102. The number of benzene rings is 3. The second kappa shape index (κ2) is 11.7. The number of hydrogen-bond acceptors (Lipinski definition) is 6. The van der Waals surface area contributed by atoms with Gasteiger partial charge >= 0.3 is 0 Å². The highest BCUT2D eigenvalue weighted by Crippen LogP contribution is 2.34. The Balaban J connectivity index is 1.39. The van der Waals surface area contributed by atoms with E-state index in [2.05, 4.69) is 34.0 Å². The molecule has 2 heterocycles. The fraction of sp³-hybridized carbons (Fsp3) is 0.323. The molecule has 1 saturated heterocycles. The number of nitrogens with one attached hydrogen (secondary N) is 1. The molecule has 1 amide bonds. The summed E-state index contributed by atoms with van der Waals surface area (Å²) in [6.07, 6.45) is 5.01. The van der Waals surface area contributed by atoms with Gasteiger partial charge in [-0.05, 0) is 55.5 Å². The van der Waals surface area contributed by atoms with Gasteiger partial charge in [-0.3, -0.25) is 4.79 Å². The van der Waals surface area contributed by atoms with Crippen molar-refractivity contribution in [3.63, 3.8) is 0 Å². The van der Waals surface area contributed by atoms with Crippen LogP contribution in [-0.4, -0.2) is 42.6 Å². The van der Waals surface area contributed by atoms with Crippen LogP contribution in [0, 0.1) is 11.7 Å². The Kier molecular flexibility index (Phi) is 7.91. The summed E-state index contributed by atoms with van der Waals surface area (Å²) < 4.78 is 20.7. The molecule has 202 valence electrons. The summed E-state index contributed by atoms with van der Waals surface area (Å²) in [5.41, 5.74) is 1.66. The lowest BCUT2D eigenvalue weighted by Gasteiger charge is -2.29. The molecule has 0 spiro atoms. The van der Waals surface area contributed by atoms with E-state index in [1.54, 1.807) is 24.4 Å². The Morgan fingerprint density at radius 2 is 1.82 bits per heavy atom. The van der Waals surface area contributed by atoms with E-state index in [1.165, 1.54) is 18.6 Å². The number of rotatable bonds is 8. The molecule has 3 aromatic carbocycles. The molecule has 1 aromatic heterocycles. The number of nitrogens with zero attached hydrogens (tertiary/aromatic N) is 4. The minimum atomic E-state index is -0.417. The summed E-state index contributed by atoms with van der Waals surface area (Å²) in [5.74, 6) is 1.33. The Hall–Kier alpha value is -4.20. The fourth-order valence-electron chi connectivity index (χ4n) is 5.02. The summed E-state index contributed by atoms with van der Waals surface area (Å²) in [6, 6.07) is 17.6.